The summed E-state index contributed by atoms with van der Waals surface area (Å²) in [7, 11) is 0. The molecule has 0 aliphatic heterocycles. The van der Waals surface area contributed by atoms with E-state index >= 15 is 0 Å². The number of alkyl halides is 17. The Kier molecular flexibility index (Phi) is 5.85. The zero-order valence-electron chi connectivity index (χ0n) is 11.8. The van der Waals surface area contributed by atoms with E-state index in [4.69, 9.17) is 0 Å². The molecular formula is C9H3F17O. The van der Waals surface area contributed by atoms with Crippen LogP contribution in [0.25, 0.3) is 0 Å². The third kappa shape index (κ3) is 3.72. The Morgan fingerprint density at radius 1 is 0.407 bits per heavy atom. The zero-order chi connectivity index (χ0) is 22.7. The van der Waals surface area contributed by atoms with E-state index in [9.17, 15) is 74.6 Å². The maximum absolute atomic E-state index is 13.0. The van der Waals surface area contributed by atoms with Crippen molar-refractivity contribution in [2.45, 2.75) is 54.9 Å². The maximum Gasteiger partial charge on any atom is 0.460 e. The standard InChI is InChI=1S/C9H3F17O/c1-2(10,7(19,20)21)27-9(25,26)6(17,18)4(13,14)3(11,12)5(15,16)8(22,23)24/h1H3. The lowest BCUT2D eigenvalue weighted by Gasteiger charge is -2.40. The largest absolute Gasteiger partial charge is 0.460 e. The van der Waals surface area contributed by atoms with Gasteiger partial charge in [0.05, 0.1) is 0 Å². The van der Waals surface area contributed by atoms with Crippen molar-refractivity contribution in [1.82, 2.24) is 0 Å². The van der Waals surface area contributed by atoms with Crippen molar-refractivity contribution >= 4 is 0 Å². The second kappa shape index (κ2) is 6.13. The molecular weight excluding hydrogens is 447 g/mol. The molecule has 0 rings (SSSR count). The summed E-state index contributed by atoms with van der Waals surface area (Å²) in [6.07, 6.45) is -22.0. The fourth-order valence-corrected chi connectivity index (χ4v) is 1.12. The summed E-state index contributed by atoms with van der Waals surface area (Å²) < 4.78 is 214. The monoisotopic (exact) mass is 450 g/mol. The Hall–Kier alpha value is -1.23. The average Bonchev–Trinajstić information content (AvgIpc) is 2.33. The van der Waals surface area contributed by atoms with Crippen molar-refractivity contribution in [2.24, 2.45) is 0 Å². The quantitative estimate of drug-likeness (QED) is 0.455. The predicted molar refractivity (Wildman–Crippen MR) is 47.4 cm³/mol. The summed E-state index contributed by atoms with van der Waals surface area (Å²) >= 11 is 0. The molecule has 27 heavy (non-hydrogen) atoms. The molecule has 0 aromatic heterocycles. The molecule has 1 unspecified atom stereocenters. The lowest BCUT2D eigenvalue weighted by molar-refractivity contribution is -0.496. The third-order valence-electron chi connectivity index (χ3n) is 2.73. The first-order valence-corrected chi connectivity index (χ1v) is 5.62. The van der Waals surface area contributed by atoms with Crippen LogP contribution in [0.2, 0.25) is 0 Å². The van der Waals surface area contributed by atoms with Crippen LogP contribution in [0, 0.1) is 0 Å². The molecule has 0 amide bonds. The molecule has 0 radical (unpaired) electrons. The Morgan fingerprint density at radius 3 is 0.963 bits per heavy atom. The van der Waals surface area contributed by atoms with E-state index in [0.29, 0.717) is 0 Å². The van der Waals surface area contributed by atoms with Crippen LogP contribution in [0.1, 0.15) is 6.92 Å². The topological polar surface area (TPSA) is 9.23 Å². The Bertz CT molecular complexity index is 538. The van der Waals surface area contributed by atoms with Crippen molar-refractivity contribution in [1.29, 1.82) is 0 Å². The Morgan fingerprint density at radius 2 is 0.704 bits per heavy atom. The van der Waals surface area contributed by atoms with E-state index in [0.717, 1.165) is 0 Å². The summed E-state index contributed by atoms with van der Waals surface area (Å²) in [5, 5.41) is 0. The highest BCUT2D eigenvalue weighted by molar-refractivity contribution is 5.08. The summed E-state index contributed by atoms with van der Waals surface area (Å²) in [4.78, 5) is 0. The molecule has 0 aromatic rings. The van der Waals surface area contributed by atoms with Gasteiger partial charge in [-0.2, -0.15) is 70.2 Å². The minimum atomic E-state index is -8.38. The van der Waals surface area contributed by atoms with Gasteiger partial charge in [0.15, 0.2) is 0 Å². The molecule has 0 N–H and O–H groups in total. The first-order chi connectivity index (χ1) is 11.2. The third-order valence-corrected chi connectivity index (χ3v) is 2.73. The number of ether oxygens (including phenoxy) is 1. The SMILES string of the molecule is CC(F)(OC(F)(F)C(F)(F)C(F)(F)C(F)(F)C(F)(F)C(F)(F)F)C(F)(F)F. The van der Waals surface area contributed by atoms with E-state index in [1.807, 2.05) is 0 Å². The lowest BCUT2D eigenvalue weighted by Crippen LogP contribution is -2.71. The Labute approximate surface area is 136 Å². The van der Waals surface area contributed by atoms with Crippen LogP contribution < -0.4 is 0 Å². The van der Waals surface area contributed by atoms with Gasteiger partial charge in [0.1, 0.15) is 0 Å². The number of hydrogen-bond acceptors (Lipinski definition) is 1. The van der Waals surface area contributed by atoms with Crippen LogP contribution in [0.15, 0.2) is 0 Å². The molecule has 1 atom stereocenters. The second-order valence-electron chi connectivity index (χ2n) is 4.83. The van der Waals surface area contributed by atoms with Crippen LogP contribution in [-0.2, 0) is 4.74 Å². The van der Waals surface area contributed by atoms with Gasteiger partial charge in [-0.15, -0.1) is 0 Å². The summed E-state index contributed by atoms with van der Waals surface area (Å²) in [6.45, 7) is -1.13. The van der Waals surface area contributed by atoms with E-state index in [1.54, 1.807) is 4.74 Å². The fourth-order valence-electron chi connectivity index (χ4n) is 1.12. The van der Waals surface area contributed by atoms with Gasteiger partial charge in [-0.25, -0.2) is 4.39 Å². The van der Waals surface area contributed by atoms with Crippen molar-refractivity contribution < 1.29 is 79.4 Å². The normalized spacial score (nSPS) is 18.4. The van der Waals surface area contributed by atoms with E-state index < -0.39 is 54.9 Å². The fraction of sp³-hybridized carbons (Fsp3) is 1.00. The minimum absolute atomic E-state index is 1.13. The van der Waals surface area contributed by atoms with Crippen LogP contribution >= 0.6 is 0 Å². The number of halogens is 17. The van der Waals surface area contributed by atoms with Gasteiger partial charge in [0, 0.05) is 6.92 Å². The van der Waals surface area contributed by atoms with E-state index in [2.05, 4.69) is 0 Å². The lowest BCUT2D eigenvalue weighted by atomic mass is 9.97. The number of rotatable bonds is 6. The highest BCUT2D eigenvalue weighted by Crippen LogP contribution is 2.61. The second-order valence-corrected chi connectivity index (χ2v) is 4.83. The molecule has 0 saturated heterocycles. The molecule has 0 saturated carbocycles. The summed E-state index contributed by atoms with van der Waals surface area (Å²) in [6, 6.07) is 0. The van der Waals surface area contributed by atoms with Crippen molar-refractivity contribution in [3.63, 3.8) is 0 Å². The van der Waals surface area contributed by atoms with E-state index in [1.165, 1.54) is 0 Å². The molecule has 0 bridgehead atoms. The van der Waals surface area contributed by atoms with Crippen molar-refractivity contribution in [3.05, 3.63) is 0 Å². The minimum Gasteiger partial charge on any atom is -0.270 e. The first kappa shape index (κ1) is 25.8. The molecule has 18 heteroatoms. The highest BCUT2D eigenvalue weighted by Gasteiger charge is 2.92. The molecule has 0 spiro atoms. The van der Waals surface area contributed by atoms with Gasteiger partial charge in [-0.1, -0.05) is 0 Å². The molecule has 1 nitrogen and oxygen atoms in total. The molecule has 164 valence electrons. The average molecular weight is 450 g/mol. The molecule has 0 fully saturated rings. The summed E-state index contributed by atoms with van der Waals surface area (Å²) in [5.41, 5.74) is 0. The Balaban J connectivity index is 6.32. The molecule has 0 aliphatic rings. The van der Waals surface area contributed by atoms with Gasteiger partial charge in [-0.05, 0) is 0 Å². The van der Waals surface area contributed by atoms with Crippen LogP contribution in [0.3, 0.4) is 0 Å². The van der Waals surface area contributed by atoms with Crippen molar-refractivity contribution in [2.75, 3.05) is 0 Å². The first-order valence-electron chi connectivity index (χ1n) is 5.62. The van der Waals surface area contributed by atoms with Crippen LogP contribution in [-0.4, -0.2) is 48.0 Å². The van der Waals surface area contributed by atoms with Crippen LogP contribution in [0.4, 0.5) is 74.6 Å². The van der Waals surface area contributed by atoms with Gasteiger partial charge in [0.2, 0.25) is 0 Å². The summed E-state index contributed by atoms with van der Waals surface area (Å²) in [5.74, 6) is -38.9. The molecule has 0 heterocycles. The van der Waals surface area contributed by atoms with Gasteiger partial charge in [0.25, 0.3) is 0 Å². The molecule has 0 aromatic carbocycles. The zero-order valence-corrected chi connectivity index (χ0v) is 11.8. The van der Waals surface area contributed by atoms with Gasteiger partial charge >= 0.3 is 48.0 Å². The number of hydrogen-bond donors (Lipinski definition) is 0. The van der Waals surface area contributed by atoms with Crippen molar-refractivity contribution in [3.8, 4) is 0 Å². The van der Waals surface area contributed by atoms with Crippen LogP contribution in [0.5, 0.6) is 0 Å². The smallest absolute Gasteiger partial charge is 0.270 e. The van der Waals surface area contributed by atoms with E-state index in [-0.39, 0.29) is 0 Å². The predicted octanol–water partition coefficient (Wildman–Crippen LogP) is 5.95. The van der Waals surface area contributed by atoms with Gasteiger partial charge in [-0.3, -0.25) is 4.74 Å². The van der Waals surface area contributed by atoms with Gasteiger partial charge < -0.3 is 0 Å². The molecule has 0 aliphatic carbocycles. The maximum atomic E-state index is 13.0. The highest BCUT2D eigenvalue weighted by atomic mass is 19.4.